The van der Waals surface area contributed by atoms with E-state index < -0.39 is 6.04 Å². The standard InChI is InChI=1S/C29H28N4O3/c1-20-25(28-31-27(32-36-28)23-13-7-4-8-14-23)26(22-15-17-24(35-2)18-16-22)30-29(34)33(20)19-9-12-21-10-5-3-6-11-21/h3-8,10-11,13-18,26H,9,12,19H2,1-2H3,(H,30,34). The lowest BCUT2D eigenvalue weighted by Gasteiger charge is -2.35. The van der Waals surface area contributed by atoms with Crippen molar-refractivity contribution in [3.8, 4) is 17.1 Å². The second kappa shape index (κ2) is 10.5. The fourth-order valence-electron chi connectivity index (χ4n) is 4.50. The van der Waals surface area contributed by atoms with E-state index in [4.69, 9.17) is 14.2 Å². The lowest BCUT2D eigenvalue weighted by molar-refractivity contribution is 0.204. The molecule has 2 heterocycles. The summed E-state index contributed by atoms with van der Waals surface area (Å²) in [6, 6.07) is 27.0. The van der Waals surface area contributed by atoms with E-state index in [-0.39, 0.29) is 6.03 Å². The number of ether oxygens (including phenoxy) is 1. The molecule has 1 unspecified atom stereocenters. The summed E-state index contributed by atoms with van der Waals surface area (Å²) >= 11 is 0. The average Bonchev–Trinajstić information content (AvgIpc) is 3.41. The number of aryl methyl sites for hydroxylation is 1. The number of nitrogens with one attached hydrogen (secondary N) is 1. The summed E-state index contributed by atoms with van der Waals surface area (Å²) in [5, 5.41) is 7.38. The fourth-order valence-corrected chi connectivity index (χ4v) is 4.50. The summed E-state index contributed by atoms with van der Waals surface area (Å²) in [6.45, 7) is 2.52. The Bertz CT molecular complexity index is 1350. The molecule has 3 aromatic carbocycles. The minimum atomic E-state index is -0.433. The molecule has 182 valence electrons. The third kappa shape index (κ3) is 4.86. The molecule has 1 aromatic heterocycles. The van der Waals surface area contributed by atoms with Crippen molar-refractivity contribution in [1.82, 2.24) is 20.4 Å². The van der Waals surface area contributed by atoms with E-state index in [1.807, 2.05) is 79.7 Å². The lowest BCUT2D eigenvalue weighted by Crippen LogP contribution is -2.46. The molecule has 0 radical (unpaired) electrons. The van der Waals surface area contributed by atoms with E-state index in [0.29, 0.717) is 18.3 Å². The molecule has 36 heavy (non-hydrogen) atoms. The maximum absolute atomic E-state index is 13.2. The third-order valence-corrected chi connectivity index (χ3v) is 6.42. The van der Waals surface area contributed by atoms with Gasteiger partial charge in [-0.2, -0.15) is 4.98 Å². The van der Waals surface area contributed by atoms with Gasteiger partial charge in [0.2, 0.25) is 5.82 Å². The minimum Gasteiger partial charge on any atom is -0.497 e. The molecule has 4 aromatic rings. The number of nitrogens with zero attached hydrogens (tertiary/aromatic N) is 3. The molecule has 7 nitrogen and oxygen atoms in total. The molecule has 1 aliphatic heterocycles. The fraction of sp³-hybridized carbons (Fsp3) is 0.207. The van der Waals surface area contributed by atoms with Gasteiger partial charge in [-0.1, -0.05) is 78.0 Å². The van der Waals surface area contributed by atoms with E-state index in [1.165, 1.54) is 5.56 Å². The van der Waals surface area contributed by atoms with Crippen molar-refractivity contribution in [3.05, 3.63) is 108 Å². The van der Waals surface area contributed by atoms with Crippen LogP contribution in [0.5, 0.6) is 5.75 Å². The average molecular weight is 481 g/mol. The Labute approximate surface area is 210 Å². The van der Waals surface area contributed by atoms with Gasteiger partial charge in [-0.3, -0.25) is 4.90 Å². The Kier molecular flexibility index (Phi) is 6.80. The first-order valence-electron chi connectivity index (χ1n) is 12.0. The van der Waals surface area contributed by atoms with Crippen molar-refractivity contribution in [3.63, 3.8) is 0 Å². The van der Waals surface area contributed by atoms with Gasteiger partial charge in [-0.15, -0.1) is 0 Å². The first-order chi connectivity index (χ1) is 17.6. The summed E-state index contributed by atoms with van der Waals surface area (Å²) in [6.07, 6.45) is 1.71. The molecule has 2 amide bonds. The Morgan fingerprint density at radius 1 is 0.972 bits per heavy atom. The molecule has 0 bridgehead atoms. The van der Waals surface area contributed by atoms with Gasteiger partial charge in [-0.05, 0) is 43.0 Å². The molecule has 0 fully saturated rings. The van der Waals surface area contributed by atoms with Gasteiger partial charge < -0.3 is 14.6 Å². The Morgan fingerprint density at radius 3 is 2.36 bits per heavy atom. The van der Waals surface area contributed by atoms with E-state index in [9.17, 15) is 4.79 Å². The molecule has 5 rings (SSSR count). The van der Waals surface area contributed by atoms with Crippen LogP contribution in [0.25, 0.3) is 17.0 Å². The smallest absolute Gasteiger partial charge is 0.322 e. The normalized spacial score (nSPS) is 15.7. The van der Waals surface area contributed by atoms with Crippen LogP contribution in [-0.2, 0) is 6.42 Å². The van der Waals surface area contributed by atoms with Crippen LogP contribution in [0.15, 0.2) is 95.1 Å². The Balaban J connectivity index is 1.49. The first kappa shape index (κ1) is 23.4. The number of hydrogen-bond acceptors (Lipinski definition) is 5. The van der Waals surface area contributed by atoms with E-state index in [0.717, 1.165) is 41.0 Å². The van der Waals surface area contributed by atoms with Crippen LogP contribution in [0.2, 0.25) is 0 Å². The van der Waals surface area contributed by atoms with E-state index in [2.05, 4.69) is 22.6 Å². The molecule has 0 saturated heterocycles. The maximum Gasteiger partial charge on any atom is 0.322 e. The number of urea groups is 1. The van der Waals surface area contributed by atoms with Crippen LogP contribution in [0, 0.1) is 0 Å². The number of amides is 2. The lowest BCUT2D eigenvalue weighted by atomic mass is 9.94. The van der Waals surface area contributed by atoms with Gasteiger partial charge in [0, 0.05) is 17.8 Å². The second-order valence-corrected chi connectivity index (χ2v) is 8.68. The topological polar surface area (TPSA) is 80.5 Å². The highest BCUT2D eigenvalue weighted by atomic mass is 16.5. The van der Waals surface area contributed by atoms with Crippen LogP contribution in [-0.4, -0.2) is 34.7 Å². The van der Waals surface area contributed by atoms with Crippen molar-refractivity contribution >= 4 is 11.6 Å². The quantitative estimate of drug-likeness (QED) is 0.341. The summed E-state index contributed by atoms with van der Waals surface area (Å²) in [7, 11) is 1.63. The van der Waals surface area contributed by atoms with Gasteiger partial charge in [0.15, 0.2) is 0 Å². The van der Waals surface area contributed by atoms with Crippen LogP contribution >= 0.6 is 0 Å². The summed E-state index contributed by atoms with van der Waals surface area (Å²) in [5.74, 6) is 1.64. The van der Waals surface area contributed by atoms with Crippen LogP contribution < -0.4 is 10.1 Å². The van der Waals surface area contributed by atoms with Crippen molar-refractivity contribution in [2.45, 2.75) is 25.8 Å². The van der Waals surface area contributed by atoms with E-state index >= 15 is 0 Å². The monoisotopic (exact) mass is 480 g/mol. The highest BCUT2D eigenvalue weighted by Gasteiger charge is 2.35. The number of carbonyl (C=O) groups excluding carboxylic acids is 1. The van der Waals surface area contributed by atoms with Gasteiger partial charge in [0.25, 0.3) is 5.89 Å². The largest absolute Gasteiger partial charge is 0.497 e. The van der Waals surface area contributed by atoms with Crippen molar-refractivity contribution < 1.29 is 14.1 Å². The van der Waals surface area contributed by atoms with E-state index in [1.54, 1.807) is 12.0 Å². The van der Waals surface area contributed by atoms with Crippen LogP contribution in [0.4, 0.5) is 4.79 Å². The van der Waals surface area contributed by atoms with Crippen LogP contribution in [0.1, 0.15) is 36.4 Å². The number of aromatic nitrogens is 2. The van der Waals surface area contributed by atoms with Gasteiger partial charge in [-0.25, -0.2) is 4.79 Å². The number of carbonyl (C=O) groups is 1. The maximum atomic E-state index is 13.2. The predicted octanol–water partition coefficient (Wildman–Crippen LogP) is 5.88. The molecule has 1 atom stereocenters. The Hall–Kier alpha value is -4.39. The van der Waals surface area contributed by atoms with Gasteiger partial charge in [0.05, 0.1) is 18.7 Å². The number of benzene rings is 3. The zero-order chi connectivity index (χ0) is 24.9. The molecular formula is C29H28N4O3. The van der Waals surface area contributed by atoms with Crippen molar-refractivity contribution in [2.24, 2.45) is 0 Å². The number of hydrogen-bond donors (Lipinski definition) is 1. The number of allylic oxidation sites excluding steroid dienone is 1. The SMILES string of the molecule is COc1ccc(C2NC(=O)N(CCCc3ccccc3)C(C)=C2c2nc(-c3ccccc3)no2)cc1. The molecule has 7 heteroatoms. The summed E-state index contributed by atoms with van der Waals surface area (Å²) in [4.78, 5) is 19.7. The molecule has 1 aliphatic rings. The summed E-state index contributed by atoms with van der Waals surface area (Å²) in [5.41, 5.74) is 4.61. The van der Waals surface area contributed by atoms with Gasteiger partial charge >= 0.3 is 6.03 Å². The van der Waals surface area contributed by atoms with Crippen LogP contribution in [0.3, 0.4) is 0 Å². The first-order valence-corrected chi connectivity index (χ1v) is 12.0. The molecular weight excluding hydrogens is 452 g/mol. The summed E-state index contributed by atoms with van der Waals surface area (Å²) < 4.78 is 11.1. The molecule has 1 N–H and O–H groups in total. The highest BCUT2D eigenvalue weighted by molar-refractivity contribution is 5.86. The molecule has 0 aliphatic carbocycles. The molecule has 0 spiro atoms. The molecule has 0 saturated carbocycles. The zero-order valence-electron chi connectivity index (χ0n) is 20.3. The van der Waals surface area contributed by atoms with Gasteiger partial charge in [0.1, 0.15) is 5.75 Å². The zero-order valence-corrected chi connectivity index (χ0v) is 20.3. The minimum absolute atomic E-state index is 0.145. The van der Waals surface area contributed by atoms with Crippen molar-refractivity contribution in [2.75, 3.05) is 13.7 Å². The number of rotatable bonds is 8. The third-order valence-electron chi connectivity index (χ3n) is 6.42. The number of methoxy groups -OCH3 is 1. The Morgan fingerprint density at radius 2 is 1.67 bits per heavy atom. The predicted molar refractivity (Wildman–Crippen MR) is 138 cm³/mol. The van der Waals surface area contributed by atoms with Crippen molar-refractivity contribution in [1.29, 1.82) is 0 Å². The second-order valence-electron chi connectivity index (χ2n) is 8.68. The highest BCUT2D eigenvalue weighted by Crippen LogP contribution is 2.37.